The van der Waals surface area contributed by atoms with E-state index < -0.39 is 0 Å². The van der Waals surface area contributed by atoms with Crippen LogP contribution in [0.3, 0.4) is 0 Å². The number of nitrogens with two attached hydrogens (primary N) is 1. The number of rotatable bonds is 6. The fraction of sp³-hybridized carbons (Fsp3) is 0.520. The van der Waals surface area contributed by atoms with Crippen molar-refractivity contribution in [3.05, 3.63) is 53.6 Å². The SMILES string of the molecule is CCC1(CC)Oc2ccccc2C(C(C)(CC)c2ccc3c(c2)OCO3)C1CN. The van der Waals surface area contributed by atoms with Crippen molar-refractivity contribution < 1.29 is 14.2 Å². The molecule has 0 aliphatic carbocycles. The van der Waals surface area contributed by atoms with Gasteiger partial charge in [-0.05, 0) is 60.5 Å². The first-order valence-corrected chi connectivity index (χ1v) is 10.9. The van der Waals surface area contributed by atoms with E-state index in [1.54, 1.807) is 0 Å². The van der Waals surface area contributed by atoms with Gasteiger partial charge >= 0.3 is 0 Å². The Labute approximate surface area is 174 Å². The zero-order valence-corrected chi connectivity index (χ0v) is 18.0. The highest BCUT2D eigenvalue weighted by molar-refractivity contribution is 5.50. The van der Waals surface area contributed by atoms with E-state index in [9.17, 15) is 0 Å². The second-order valence-corrected chi connectivity index (χ2v) is 8.57. The zero-order chi connectivity index (χ0) is 20.6. The van der Waals surface area contributed by atoms with Crippen molar-refractivity contribution in [1.82, 2.24) is 0 Å². The molecule has 0 spiro atoms. The summed E-state index contributed by atoms with van der Waals surface area (Å²) in [5.74, 6) is 3.15. The normalized spacial score (nSPS) is 23.8. The molecule has 0 radical (unpaired) electrons. The quantitative estimate of drug-likeness (QED) is 0.712. The van der Waals surface area contributed by atoms with Crippen molar-refractivity contribution >= 4 is 0 Å². The second kappa shape index (κ2) is 7.56. The summed E-state index contributed by atoms with van der Waals surface area (Å²) in [5.41, 5.74) is 8.65. The molecule has 4 nitrogen and oxygen atoms in total. The smallest absolute Gasteiger partial charge is 0.231 e. The summed E-state index contributed by atoms with van der Waals surface area (Å²) < 4.78 is 17.9. The summed E-state index contributed by atoms with van der Waals surface area (Å²) in [6, 6.07) is 14.9. The lowest BCUT2D eigenvalue weighted by molar-refractivity contribution is -0.0390. The topological polar surface area (TPSA) is 53.7 Å². The van der Waals surface area contributed by atoms with E-state index in [-0.39, 0.29) is 22.9 Å². The summed E-state index contributed by atoms with van der Waals surface area (Å²) in [6.45, 7) is 9.98. The van der Waals surface area contributed by atoms with Crippen LogP contribution >= 0.6 is 0 Å². The predicted octanol–water partition coefficient (Wildman–Crippen LogP) is 5.39. The Bertz CT molecular complexity index is 876. The Morgan fingerprint density at radius 1 is 1.00 bits per heavy atom. The molecule has 4 heteroatoms. The third-order valence-electron chi connectivity index (χ3n) is 7.55. The molecule has 3 unspecified atom stereocenters. The average Bonchev–Trinajstić information content (AvgIpc) is 3.25. The molecule has 156 valence electrons. The minimum atomic E-state index is -0.249. The van der Waals surface area contributed by atoms with Gasteiger partial charge in [-0.25, -0.2) is 0 Å². The van der Waals surface area contributed by atoms with Crippen LogP contribution in [0.25, 0.3) is 0 Å². The maximum absolute atomic E-state index is 6.68. The third-order valence-corrected chi connectivity index (χ3v) is 7.55. The van der Waals surface area contributed by atoms with E-state index in [4.69, 9.17) is 19.9 Å². The fourth-order valence-corrected chi connectivity index (χ4v) is 5.56. The lowest BCUT2D eigenvalue weighted by atomic mass is 9.57. The van der Waals surface area contributed by atoms with Gasteiger partial charge in [0.2, 0.25) is 6.79 Å². The van der Waals surface area contributed by atoms with Gasteiger partial charge in [-0.15, -0.1) is 0 Å². The molecule has 0 bridgehead atoms. The number of para-hydroxylation sites is 1. The maximum atomic E-state index is 6.68. The summed E-state index contributed by atoms with van der Waals surface area (Å²) in [5, 5.41) is 0. The van der Waals surface area contributed by atoms with Crippen LogP contribution in [0.4, 0.5) is 0 Å². The lowest BCUT2D eigenvalue weighted by Gasteiger charge is -2.53. The molecule has 2 aliphatic rings. The minimum absolute atomic E-state index is 0.111. The molecule has 2 heterocycles. The van der Waals surface area contributed by atoms with Crippen LogP contribution in [0, 0.1) is 5.92 Å². The standard InChI is InChI=1S/C25H33NO3/c1-5-24(4,17-12-13-21-22(14-17)28-16-27-21)23-18-10-8-9-11-20(18)29-25(6-2,7-3)19(23)15-26/h8-14,19,23H,5-7,15-16,26H2,1-4H3. The lowest BCUT2D eigenvalue weighted by Crippen LogP contribution is -2.55. The van der Waals surface area contributed by atoms with Gasteiger partial charge in [0.15, 0.2) is 11.5 Å². The molecule has 2 aromatic carbocycles. The zero-order valence-electron chi connectivity index (χ0n) is 18.0. The Kier molecular flexibility index (Phi) is 5.24. The molecule has 0 aromatic heterocycles. The van der Waals surface area contributed by atoms with Gasteiger partial charge in [0.05, 0.1) is 0 Å². The van der Waals surface area contributed by atoms with Crippen molar-refractivity contribution in [1.29, 1.82) is 0 Å². The molecular weight excluding hydrogens is 362 g/mol. The Morgan fingerprint density at radius 2 is 1.72 bits per heavy atom. The number of fused-ring (bicyclic) bond motifs is 2. The highest BCUT2D eigenvalue weighted by Crippen LogP contribution is 2.56. The van der Waals surface area contributed by atoms with Crippen LogP contribution in [0.2, 0.25) is 0 Å². The summed E-state index contributed by atoms with van der Waals surface area (Å²) in [7, 11) is 0. The van der Waals surface area contributed by atoms with E-state index in [0.29, 0.717) is 13.3 Å². The first-order valence-electron chi connectivity index (χ1n) is 10.9. The Balaban J connectivity index is 1.91. The van der Waals surface area contributed by atoms with Gasteiger partial charge in [0, 0.05) is 11.8 Å². The van der Waals surface area contributed by atoms with Gasteiger partial charge in [0.1, 0.15) is 11.4 Å². The molecule has 0 saturated heterocycles. The van der Waals surface area contributed by atoms with Crippen molar-refractivity contribution in [2.24, 2.45) is 11.7 Å². The largest absolute Gasteiger partial charge is 0.487 e. The first-order chi connectivity index (χ1) is 14.0. The third kappa shape index (κ3) is 3.00. The van der Waals surface area contributed by atoms with Crippen molar-refractivity contribution in [3.8, 4) is 17.2 Å². The number of hydrogen-bond donors (Lipinski definition) is 1. The van der Waals surface area contributed by atoms with E-state index in [0.717, 1.165) is 36.5 Å². The summed E-state index contributed by atoms with van der Waals surface area (Å²) >= 11 is 0. The predicted molar refractivity (Wildman–Crippen MR) is 116 cm³/mol. The maximum Gasteiger partial charge on any atom is 0.231 e. The molecule has 2 aliphatic heterocycles. The van der Waals surface area contributed by atoms with Crippen LogP contribution in [0.15, 0.2) is 42.5 Å². The van der Waals surface area contributed by atoms with Crippen molar-refractivity contribution in [2.75, 3.05) is 13.3 Å². The molecule has 3 atom stereocenters. The van der Waals surface area contributed by atoms with Crippen LogP contribution in [0.5, 0.6) is 17.2 Å². The Hall–Kier alpha value is -2.20. The highest BCUT2D eigenvalue weighted by Gasteiger charge is 2.53. The molecule has 0 saturated carbocycles. The number of ether oxygens (including phenoxy) is 3. The highest BCUT2D eigenvalue weighted by atomic mass is 16.7. The average molecular weight is 396 g/mol. The molecule has 0 fully saturated rings. The molecule has 4 rings (SSSR count). The fourth-order valence-electron chi connectivity index (χ4n) is 5.56. The molecule has 0 amide bonds. The second-order valence-electron chi connectivity index (χ2n) is 8.57. The van der Waals surface area contributed by atoms with Crippen molar-refractivity contribution in [2.45, 2.75) is 63.9 Å². The van der Waals surface area contributed by atoms with Gasteiger partial charge < -0.3 is 19.9 Å². The number of hydrogen-bond acceptors (Lipinski definition) is 4. The summed E-state index contributed by atoms with van der Waals surface area (Å²) in [4.78, 5) is 0. The van der Waals surface area contributed by atoms with Gasteiger partial charge in [0.25, 0.3) is 0 Å². The van der Waals surface area contributed by atoms with E-state index >= 15 is 0 Å². The van der Waals surface area contributed by atoms with Crippen LogP contribution in [-0.4, -0.2) is 18.9 Å². The molecule has 29 heavy (non-hydrogen) atoms. The van der Waals surface area contributed by atoms with E-state index in [1.165, 1.54) is 11.1 Å². The summed E-state index contributed by atoms with van der Waals surface area (Å²) in [6.07, 6.45) is 2.87. The van der Waals surface area contributed by atoms with Gasteiger partial charge in [-0.2, -0.15) is 0 Å². The van der Waals surface area contributed by atoms with Crippen LogP contribution in [0.1, 0.15) is 64.0 Å². The minimum Gasteiger partial charge on any atom is -0.487 e. The van der Waals surface area contributed by atoms with E-state index in [1.807, 2.05) is 6.07 Å². The monoisotopic (exact) mass is 395 g/mol. The van der Waals surface area contributed by atoms with Crippen LogP contribution in [-0.2, 0) is 5.41 Å². The molecule has 2 N–H and O–H groups in total. The molecule has 2 aromatic rings. The van der Waals surface area contributed by atoms with E-state index in [2.05, 4.69) is 64.1 Å². The Morgan fingerprint density at radius 3 is 2.41 bits per heavy atom. The van der Waals surface area contributed by atoms with Crippen molar-refractivity contribution in [3.63, 3.8) is 0 Å². The van der Waals surface area contributed by atoms with Gasteiger partial charge in [-0.1, -0.05) is 52.0 Å². The van der Waals surface area contributed by atoms with Crippen LogP contribution < -0.4 is 19.9 Å². The first kappa shape index (κ1) is 20.1. The number of benzene rings is 2. The molecular formula is C25H33NO3. The van der Waals surface area contributed by atoms with Gasteiger partial charge in [-0.3, -0.25) is 0 Å².